The Bertz CT molecular complexity index is 628. The summed E-state index contributed by atoms with van der Waals surface area (Å²) in [5.41, 5.74) is 2.53. The summed E-state index contributed by atoms with van der Waals surface area (Å²) >= 11 is 3.27. The molecule has 0 saturated carbocycles. The Balaban J connectivity index is 2.30. The first-order chi connectivity index (χ1) is 10.0. The molecule has 0 radical (unpaired) electrons. The quantitative estimate of drug-likeness (QED) is 0.803. The predicted octanol–water partition coefficient (Wildman–Crippen LogP) is 4.93. The number of likely N-dealkylation sites (N-methyl/N-ethyl adjacent to an activating group) is 1. The van der Waals surface area contributed by atoms with E-state index in [0.717, 1.165) is 22.1 Å². The highest BCUT2D eigenvalue weighted by molar-refractivity contribution is 9.10. The van der Waals surface area contributed by atoms with Gasteiger partial charge in [0.05, 0.1) is 0 Å². The van der Waals surface area contributed by atoms with Crippen LogP contribution in [0.1, 0.15) is 29.7 Å². The van der Waals surface area contributed by atoms with Crippen LogP contribution in [-0.2, 0) is 6.42 Å². The molecule has 0 bridgehead atoms. The number of hydrogen-bond donors (Lipinski definition) is 1. The number of nitrogens with one attached hydrogen (secondary N) is 1. The lowest BCUT2D eigenvalue weighted by atomic mass is 9.95. The van der Waals surface area contributed by atoms with Crippen molar-refractivity contribution in [3.8, 4) is 0 Å². The third kappa shape index (κ3) is 4.11. The van der Waals surface area contributed by atoms with Gasteiger partial charge in [-0.2, -0.15) is 0 Å². The van der Waals surface area contributed by atoms with Gasteiger partial charge in [-0.05, 0) is 55.3 Å². The normalized spacial score (nSPS) is 12.4. The van der Waals surface area contributed by atoms with Crippen LogP contribution in [0.4, 0.5) is 8.78 Å². The molecule has 0 aliphatic carbocycles. The van der Waals surface area contributed by atoms with Crippen molar-refractivity contribution in [2.24, 2.45) is 0 Å². The van der Waals surface area contributed by atoms with Crippen LogP contribution in [0, 0.1) is 18.6 Å². The molecule has 0 aliphatic rings. The second-order valence-corrected chi connectivity index (χ2v) is 5.97. The number of benzene rings is 2. The van der Waals surface area contributed by atoms with Crippen LogP contribution in [0.3, 0.4) is 0 Å². The molecule has 4 heteroatoms. The van der Waals surface area contributed by atoms with E-state index in [-0.39, 0.29) is 17.7 Å². The maximum absolute atomic E-state index is 14.2. The van der Waals surface area contributed by atoms with Crippen LogP contribution in [0.25, 0.3) is 0 Å². The summed E-state index contributed by atoms with van der Waals surface area (Å²) in [6.45, 7) is 4.60. The summed E-state index contributed by atoms with van der Waals surface area (Å²) in [5, 5.41) is 3.30. The molecule has 2 rings (SSSR count). The third-order valence-electron chi connectivity index (χ3n) is 3.52. The van der Waals surface area contributed by atoms with Gasteiger partial charge < -0.3 is 5.32 Å². The lowest BCUT2D eigenvalue weighted by Crippen LogP contribution is -2.24. The molecule has 2 aromatic carbocycles. The molecule has 21 heavy (non-hydrogen) atoms. The van der Waals surface area contributed by atoms with Gasteiger partial charge >= 0.3 is 0 Å². The maximum Gasteiger partial charge on any atom is 0.129 e. The Hall–Kier alpha value is -1.26. The molecule has 1 atom stereocenters. The van der Waals surface area contributed by atoms with Crippen LogP contribution < -0.4 is 5.32 Å². The van der Waals surface area contributed by atoms with Crippen molar-refractivity contribution in [2.75, 3.05) is 6.54 Å². The van der Waals surface area contributed by atoms with E-state index in [2.05, 4.69) is 21.2 Å². The van der Waals surface area contributed by atoms with Crippen LogP contribution in [0.15, 0.2) is 40.9 Å². The maximum atomic E-state index is 14.2. The van der Waals surface area contributed by atoms with Gasteiger partial charge in [-0.1, -0.05) is 35.0 Å². The van der Waals surface area contributed by atoms with E-state index in [1.807, 2.05) is 19.9 Å². The molecule has 0 fully saturated rings. The average molecular weight is 354 g/mol. The molecule has 0 saturated heterocycles. The zero-order valence-electron chi connectivity index (χ0n) is 12.1. The minimum Gasteiger partial charge on any atom is -0.310 e. The fraction of sp³-hybridized carbons (Fsp3) is 0.294. The molecule has 0 amide bonds. The molecule has 1 N–H and O–H groups in total. The Morgan fingerprint density at radius 3 is 2.52 bits per heavy atom. The van der Waals surface area contributed by atoms with Crippen molar-refractivity contribution in [1.29, 1.82) is 0 Å². The van der Waals surface area contributed by atoms with Crippen molar-refractivity contribution in [1.82, 2.24) is 5.32 Å². The molecule has 0 heterocycles. The third-order valence-corrected chi connectivity index (χ3v) is 4.01. The summed E-state index contributed by atoms with van der Waals surface area (Å²) < 4.78 is 28.1. The second-order valence-electron chi connectivity index (χ2n) is 5.05. The molecular formula is C17H18BrF2N. The SMILES string of the molecule is CCNC(Cc1ccc(F)cc1C)c1ccc(Br)cc1F. The van der Waals surface area contributed by atoms with E-state index in [9.17, 15) is 8.78 Å². The molecule has 0 aromatic heterocycles. The summed E-state index contributed by atoms with van der Waals surface area (Å²) in [7, 11) is 0. The van der Waals surface area contributed by atoms with Gasteiger partial charge in [0, 0.05) is 16.1 Å². The summed E-state index contributed by atoms with van der Waals surface area (Å²) in [6, 6.07) is 9.68. The van der Waals surface area contributed by atoms with Crippen molar-refractivity contribution in [3.63, 3.8) is 0 Å². The number of aryl methyl sites for hydroxylation is 1. The van der Waals surface area contributed by atoms with E-state index >= 15 is 0 Å². The van der Waals surface area contributed by atoms with Gasteiger partial charge in [-0.25, -0.2) is 8.78 Å². The van der Waals surface area contributed by atoms with Crippen molar-refractivity contribution < 1.29 is 8.78 Å². The Morgan fingerprint density at radius 1 is 1.14 bits per heavy atom. The zero-order chi connectivity index (χ0) is 15.4. The van der Waals surface area contributed by atoms with E-state index < -0.39 is 0 Å². The number of rotatable bonds is 5. The van der Waals surface area contributed by atoms with E-state index in [0.29, 0.717) is 12.0 Å². The van der Waals surface area contributed by atoms with Gasteiger partial charge in [-0.15, -0.1) is 0 Å². The fourth-order valence-electron chi connectivity index (χ4n) is 2.43. The lowest BCUT2D eigenvalue weighted by molar-refractivity contribution is 0.508. The van der Waals surface area contributed by atoms with Crippen LogP contribution in [-0.4, -0.2) is 6.54 Å². The van der Waals surface area contributed by atoms with E-state index in [1.165, 1.54) is 18.2 Å². The molecule has 112 valence electrons. The molecule has 1 unspecified atom stereocenters. The largest absolute Gasteiger partial charge is 0.310 e. The van der Waals surface area contributed by atoms with Gasteiger partial charge in [0.1, 0.15) is 11.6 Å². The number of hydrogen-bond acceptors (Lipinski definition) is 1. The monoisotopic (exact) mass is 353 g/mol. The highest BCUT2D eigenvalue weighted by atomic mass is 79.9. The first-order valence-electron chi connectivity index (χ1n) is 6.94. The zero-order valence-corrected chi connectivity index (χ0v) is 13.7. The molecular weight excluding hydrogens is 336 g/mol. The predicted molar refractivity (Wildman–Crippen MR) is 85.4 cm³/mol. The molecule has 2 aromatic rings. The van der Waals surface area contributed by atoms with Crippen molar-refractivity contribution >= 4 is 15.9 Å². The average Bonchev–Trinajstić information content (AvgIpc) is 2.41. The van der Waals surface area contributed by atoms with E-state index in [1.54, 1.807) is 12.1 Å². The van der Waals surface area contributed by atoms with Crippen molar-refractivity contribution in [3.05, 3.63) is 69.2 Å². The second kappa shape index (κ2) is 7.14. The topological polar surface area (TPSA) is 12.0 Å². The Kier molecular flexibility index (Phi) is 5.48. The standard InChI is InChI=1S/C17H18BrF2N/c1-3-21-17(15-7-5-13(18)10-16(15)20)9-12-4-6-14(19)8-11(12)2/h4-8,10,17,21H,3,9H2,1-2H3. The molecule has 1 nitrogen and oxygen atoms in total. The van der Waals surface area contributed by atoms with E-state index in [4.69, 9.17) is 0 Å². The fourth-order valence-corrected chi connectivity index (χ4v) is 2.76. The minimum absolute atomic E-state index is 0.132. The Morgan fingerprint density at radius 2 is 1.90 bits per heavy atom. The summed E-state index contributed by atoms with van der Waals surface area (Å²) in [5.74, 6) is -0.485. The Labute approximate surface area is 132 Å². The summed E-state index contributed by atoms with van der Waals surface area (Å²) in [6.07, 6.45) is 0.624. The van der Waals surface area contributed by atoms with Crippen molar-refractivity contribution in [2.45, 2.75) is 26.3 Å². The smallest absolute Gasteiger partial charge is 0.129 e. The lowest BCUT2D eigenvalue weighted by Gasteiger charge is -2.20. The van der Waals surface area contributed by atoms with Crippen LogP contribution >= 0.6 is 15.9 Å². The minimum atomic E-state index is -0.244. The molecule has 0 aliphatic heterocycles. The van der Waals surface area contributed by atoms with Crippen LogP contribution in [0.2, 0.25) is 0 Å². The van der Waals surface area contributed by atoms with Gasteiger partial charge in [0.15, 0.2) is 0 Å². The van der Waals surface area contributed by atoms with Gasteiger partial charge in [0.25, 0.3) is 0 Å². The summed E-state index contributed by atoms with van der Waals surface area (Å²) in [4.78, 5) is 0. The van der Waals surface area contributed by atoms with Gasteiger partial charge in [-0.3, -0.25) is 0 Å². The highest BCUT2D eigenvalue weighted by Crippen LogP contribution is 2.25. The first-order valence-corrected chi connectivity index (χ1v) is 7.74. The molecule has 0 spiro atoms. The first kappa shape index (κ1) is 16.1. The number of halogens is 3. The highest BCUT2D eigenvalue weighted by Gasteiger charge is 2.16. The van der Waals surface area contributed by atoms with Gasteiger partial charge in [0.2, 0.25) is 0 Å². The van der Waals surface area contributed by atoms with Crippen LogP contribution in [0.5, 0.6) is 0 Å².